The minimum Gasteiger partial charge on any atom is -0.389 e. The predicted molar refractivity (Wildman–Crippen MR) is 49.2 cm³/mol. The molecule has 84 valence electrons. The van der Waals surface area contributed by atoms with Gasteiger partial charge in [0.1, 0.15) is 0 Å². The van der Waals surface area contributed by atoms with Gasteiger partial charge in [0.05, 0.1) is 25.5 Å². The van der Waals surface area contributed by atoms with Crippen molar-refractivity contribution in [2.75, 3.05) is 13.7 Å². The SMILES string of the molecule is COCC(O)Cn1cc(F)c(=O)[nH]c1=O. The quantitative estimate of drug-likeness (QED) is 0.656. The molecule has 6 nitrogen and oxygen atoms in total. The molecule has 0 bridgehead atoms. The van der Waals surface area contributed by atoms with E-state index < -0.39 is 23.2 Å². The fourth-order valence-electron chi connectivity index (χ4n) is 1.09. The maximum absolute atomic E-state index is 12.8. The first-order valence-corrected chi connectivity index (χ1v) is 4.21. The summed E-state index contributed by atoms with van der Waals surface area (Å²) in [5.41, 5.74) is -1.84. The molecule has 1 rings (SSSR count). The number of halogens is 1. The van der Waals surface area contributed by atoms with Crippen LogP contribution in [0.3, 0.4) is 0 Å². The van der Waals surface area contributed by atoms with Gasteiger partial charge in [0.2, 0.25) is 5.82 Å². The van der Waals surface area contributed by atoms with Gasteiger partial charge in [-0.15, -0.1) is 0 Å². The average molecular weight is 218 g/mol. The van der Waals surface area contributed by atoms with Crippen molar-refractivity contribution in [2.24, 2.45) is 0 Å². The van der Waals surface area contributed by atoms with Crippen LogP contribution in [0.15, 0.2) is 15.8 Å². The molecule has 1 atom stereocenters. The second kappa shape index (κ2) is 4.85. The van der Waals surface area contributed by atoms with Gasteiger partial charge < -0.3 is 9.84 Å². The maximum Gasteiger partial charge on any atom is 0.328 e. The summed E-state index contributed by atoms with van der Waals surface area (Å²) in [6, 6.07) is 0. The molecule has 0 aliphatic rings. The first kappa shape index (κ1) is 11.6. The summed E-state index contributed by atoms with van der Waals surface area (Å²) in [7, 11) is 1.39. The average Bonchev–Trinajstić information content (AvgIpc) is 2.14. The lowest BCUT2D eigenvalue weighted by atomic mass is 10.4. The van der Waals surface area contributed by atoms with Crippen molar-refractivity contribution in [3.8, 4) is 0 Å². The molecule has 0 saturated carbocycles. The van der Waals surface area contributed by atoms with Gasteiger partial charge in [-0.3, -0.25) is 14.3 Å². The smallest absolute Gasteiger partial charge is 0.328 e. The van der Waals surface area contributed by atoms with Crippen molar-refractivity contribution in [2.45, 2.75) is 12.6 Å². The Morgan fingerprint density at radius 1 is 1.67 bits per heavy atom. The lowest BCUT2D eigenvalue weighted by Gasteiger charge is -2.10. The third-order valence-electron chi connectivity index (χ3n) is 1.73. The van der Waals surface area contributed by atoms with E-state index >= 15 is 0 Å². The van der Waals surface area contributed by atoms with Gasteiger partial charge in [-0.1, -0.05) is 0 Å². The molecule has 0 aromatic carbocycles. The number of nitrogens with zero attached hydrogens (tertiary/aromatic N) is 1. The molecule has 0 radical (unpaired) electrons. The summed E-state index contributed by atoms with van der Waals surface area (Å²) in [5.74, 6) is -1.07. The third kappa shape index (κ3) is 3.00. The van der Waals surface area contributed by atoms with E-state index in [0.717, 1.165) is 10.8 Å². The molecule has 0 fully saturated rings. The molecule has 1 heterocycles. The van der Waals surface area contributed by atoms with E-state index in [1.54, 1.807) is 4.98 Å². The van der Waals surface area contributed by atoms with E-state index in [1.165, 1.54) is 7.11 Å². The normalized spacial score (nSPS) is 12.7. The molecule has 0 aliphatic carbocycles. The van der Waals surface area contributed by atoms with E-state index in [1.807, 2.05) is 0 Å². The topological polar surface area (TPSA) is 84.3 Å². The van der Waals surface area contributed by atoms with E-state index in [0.29, 0.717) is 0 Å². The van der Waals surface area contributed by atoms with Crippen molar-refractivity contribution >= 4 is 0 Å². The Morgan fingerprint density at radius 3 is 2.93 bits per heavy atom. The molecule has 1 aromatic rings. The molecule has 0 amide bonds. The van der Waals surface area contributed by atoms with Crippen molar-refractivity contribution < 1.29 is 14.2 Å². The van der Waals surface area contributed by atoms with Gasteiger partial charge in [0, 0.05) is 7.11 Å². The highest BCUT2D eigenvalue weighted by molar-refractivity contribution is 4.87. The Balaban J connectivity index is 2.91. The second-order valence-corrected chi connectivity index (χ2v) is 3.00. The molecule has 1 aromatic heterocycles. The van der Waals surface area contributed by atoms with Crippen LogP contribution in [-0.2, 0) is 11.3 Å². The number of nitrogens with one attached hydrogen (secondary N) is 1. The molecule has 2 N–H and O–H groups in total. The molecule has 0 spiro atoms. The number of aliphatic hydroxyl groups excluding tert-OH is 1. The molecular formula is C8H11FN2O4. The summed E-state index contributed by atoms with van der Waals surface area (Å²) >= 11 is 0. The van der Waals surface area contributed by atoms with Crippen LogP contribution in [0.2, 0.25) is 0 Å². The van der Waals surface area contributed by atoms with Crippen molar-refractivity contribution in [3.63, 3.8) is 0 Å². The Kier molecular flexibility index (Phi) is 3.75. The molecule has 7 heteroatoms. The molecule has 0 aliphatic heterocycles. The minimum atomic E-state index is -1.07. The lowest BCUT2D eigenvalue weighted by molar-refractivity contribution is 0.0525. The van der Waals surface area contributed by atoms with Crippen LogP contribution in [0.25, 0.3) is 0 Å². The molecule has 1 unspecified atom stereocenters. The van der Waals surface area contributed by atoms with Gasteiger partial charge in [0.15, 0.2) is 0 Å². The van der Waals surface area contributed by atoms with Crippen LogP contribution in [-0.4, -0.2) is 34.5 Å². The number of aromatic nitrogens is 2. The Morgan fingerprint density at radius 2 is 2.33 bits per heavy atom. The zero-order chi connectivity index (χ0) is 11.4. The van der Waals surface area contributed by atoms with Crippen LogP contribution < -0.4 is 11.2 Å². The standard InChI is InChI=1S/C8H11FN2O4/c1-15-4-5(12)2-11-3-6(9)7(13)10-8(11)14/h3,5,12H,2,4H2,1H3,(H,10,13,14). The zero-order valence-electron chi connectivity index (χ0n) is 8.07. The lowest BCUT2D eigenvalue weighted by Crippen LogP contribution is -2.35. The number of H-pyrrole nitrogens is 1. The summed E-state index contributed by atoms with van der Waals surface area (Å²) in [4.78, 5) is 23.6. The van der Waals surface area contributed by atoms with E-state index in [4.69, 9.17) is 0 Å². The predicted octanol–water partition coefficient (Wildman–Crippen LogP) is -1.32. The highest BCUT2D eigenvalue weighted by Crippen LogP contribution is 1.90. The highest BCUT2D eigenvalue weighted by Gasteiger charge is 2.08. The first-order valence-electron chi connectivity index (χ1n) is 4.21. The second-order valence-electron chi connectivity index (χ2n) is 3.00. The number of aromatic amines is 1. The largest absolute Gasteiger partial charge is 0.389 e. The van der Waals surface area contributed by atoms with Crippen LogP contribution in [0.4, 0.5) is 4.39 Å². The number of aliphatic hydroxyl groups is 1. The van der Waals surface area contributed by atoms with Crippen LogP contribution in [0.1, 0.15) is 0 Å². The Hall–Kier alpha value is -1.47. The zero-order valence-corrected chi connectivity index (χ0v) is 8.07. The monoisotopic (exact) mass is 218 g/mol. The van der Waals surface area contributed by atoms with Gasteiger partial charge in [0.25, 0.3) is 5.56 Å². The van der Waals surface area contributed by atoms with Crippen LogP contribution in [0, 0.1) is 5.82 Å². The van der Waals surface area contributed by atoms with E-state index in [-0.39, 0.29) is 13.2 Å². The van der Waals surface area contributed by atoms with Crippen molar-refractivity contribution in [1.29, 1.82) is 0 Å². The minimum absolute atomic E-state index is 0.0210. The van der Waals surface area contributed by atoms with Crippen LogP contribution >= 0.6 is 0 Å². The number of rotatable bonds is 4. The summed E-state index contributed by atoms with van der Waals surface area (Å²) in [6.07, 6.45) is -0.182. The number of hydrogen-bond acceptors (Lipinski definition) is 4. The summed E-state index contributed by atoms with van der Waals surface area (Å²) in [5, 5.41) is 9.29. The van der Waals surface area contributed by atoms with Crippen molar-refractivity contribution in [1.82, 2.24) is 9.55 Å². The van der Waals surface area contributed by atoms with Crippen LogP contribution in [0.5, 0.6) is 0 Å². The molecular weight excluding hydrogens is 207 g/mol. The maximum atomic E-state index is 12.8. The van der Waals surface area contributed by atoms with E-state index in [9.17, 15) is 19.1 Å². The number of hydrogen-bond donors (Lipinski definition) is 2. The fraction of sp³-hybridized carbons (Fsp3) is 0.500. The van der Waals surface area contributed by atoms with Gasteiger partial charge in [-0.2, -0.15) is 4.39 Å². The summed E-state index contributed by atoms with van der Waals surface area (Å²) < 4.78 is 18.3. The fourth-order valence-corrected chi connectivity index (χ4v) is 1.09. The van der Waals surface area contributed by atoms with E-state index in [2.05, 4.69) is 4.74 Å². The Bertz CT molecular complexity index is 439. The first-order chi connectivity index (χ1) is 7.04. The van der Waals surface area contributed by atoms with Gasteiger partial charge in [-0.05, 0) is 0 Å². The van der Waals surface area contributed by atoms with Gasteiger partial charge >= 0.3 is 5.69 Å². The third-order valence-corrected chi connectivity index (χ3v) is 1.73. The molecule has 15 heavy (non-hydrogen) atoms. The number of ether oxygens (including phenoxy) is 1. The number of methoxy groups -OCH3 is 1. The molecule has 0 saturated heterocycles. The van der Waals surface area contributed by atoms with Gasteiger partial charge in [-0.25, -0.2) is 4.79 Å². The summed E-state index contributed by atoms with van der Waals surface area (Å²) in [6.45, 7) is -0.118. The Labute approximate surface area is 83.9 Å². The highest BCUT2D eigenvalue weighted by atomic mass is 19.1. The van der Waals surface area contributed by atoms with Crippen molar-refractivity contribution in [3.05, 3.63) is 32.9 Å².